The molecule has 0 saturated carbocycles. The summed E-state index contributed by atoms with van der Waals surface area (Å²) in [5.74, 6) is 2.70. The highest BCUT2D eigenvalue weighted by molar-refractivity contribution is 7.07. The molecule has 2 aromatic carbocycles. The van der Waals surface area contributed by atoms with E-state index in [2.05, 4.69) is 28.7 Å². The highest BCUT2D eigenvalue weighted by Crippen LogP contribution is 2.41. The van der Waals surface area contributed by atoms with E-state index in [0.717, 1.165) is 60.1 Å². The second kappa shape index (κ2) is 13.2. The lowest BCUT2D eigenvalue weighted by Gasteiger charge is -2.19. The number of rotatable bonds is 13. The molecule has 8 heteroatoms. The molecule has 0 aliphatic carbocycles. The van der Waals surface area contributed by atoms with Crippen LogP contribution in [0.1, 0.15) is 27.2 Å². The number of hydrogen-bond donors (Lipinski definition) is 0. The Balaban J connectivity index is 2.05. The summed E-state index contributed by atoms with van der Waals surface area (Å²) in [5, 5.41) is 2.14. The molecule has 3 aromatic rings. The maximum absolute atomic E-state index is 5.60. The minimum atomic E-state index is 0.585. The summed E-state index contributed by atoms with van der Waals surface area (Å²) >= 11 is 1.63. The third-order valence-electron chi connectivity index (χ3n) is 5.88. The number of methoxy groups -OCH3 is 3. The van der Waals surface area contributed by atoms with E-state index in [0.29, 0.717) is 23.9 Å². The number of benzene rings is 2. The first-order valence-electron chi connectivity index (χ1n) is 12.1. The van der Waals surface area contributed by atoms with Gasteiger partial charge in [0.25, 0.3) is 0 Å². The van der Waals surface area contributed by atoms with E-state index >= 15 is 0 Å². The van der Waals surface area contributed by atoms with Crippen molar-refractivity contribution in [3.8, 4) is 34.3 Å². The molecule has 0 amide bonds. The van der Waals surface area contributed by atoms with E-state index in [9.17, 15) is 0 Å². The first kappa shape index (κ1) is 26.6. The lowest BCUT2D eigenvalue weighted by atomic mass is 10.1. The lowest BCUT2D eigenvalue weighted by molar-refractivity contribution is 0.293. The second-order valence-electron chi connectivity index (χ2n) is 7.89. The van der Waals surface area contributed by atoms with Gasteiger partial charge in [-0.15, -0.1) is 11.3 Å². The monoisotopic (exact) mass is 499 g/mol. The van der Waals surface area contributed by atoms with E-state index in [1.54, 1.807) is 32.7 Å². The Kier molecular flexibility index (Phi) is 10.0. The summed E-state index contributed by atoms with van der Waals surface area (Å²) < 4.78 is 24.6. The van der Waals surface area contributed by atoms with Crippen LogP contribution < -0.4 is 23.7 Å². The molecule has 0 saturated heterocycles. The van der Waals surface area contributed by atoms with Gasteiger partial charge in [0.05, 0.1) is 39.3 Å². The van der Waals surface area contributed by atoms with Crippen molar-refractivity contribution >= 4 is 17.0 Å². The zero-order chi connectivity index (χ0) is 25.2. The van der Waals surface area contributed by atoms with Gasteiger partial charge in [-0.05, 0) is 69.4 Å². The van der Waals surface area contributed by atoms with Crippen LogP contribution in [0.15, 0.2) is 46.8 Å². The third kappa shape index (κ3) is 6.58. The van der Waals surface area contributed by atoms with E-state index in [1.165, 1.54) is 0 Å². The molecule has 0 N–H and O–H groups in total. The molecule has 0 atom stereocenters. The molecule has 0 radical (unpaired) electrons. The molecule has 3 rings (SSSR count). The maximum Gasteiger partial charge on any atom is 0.203 e. The van der Waals surface area contributed by atoms with E-state index in [-0.39, 0.29) is 0 Å². The molecule has 0 aliphatic rings. The van der Waals surface area contributed by atoms with Gasteiger partial charge in [0.1, 0.15) is 5.75 Å². The van der Waals surface area contributed by atoms with E-state index < -0.39 is 0 Å². The van der Waals surface area contributed by atoms with Gasteiger partial charge in [-0.25, -0.2) is 4.99 Å². The standard InChI is InChI=1S/C27H37N3O4S/c1-7-29(8-2)15-10-16-30-23(20-17-24(31-4)26(33-6)25(18-20)32-5)19-35-27(30)28-21-11-13-22(14-12-21)34-9-3/h11-14,17-19H,7-10,15-16H2,1-6H3. The van der Waals surface area contributed by atoms with Crippen molar-refractivity contribution in [2.45, 2.75) is 33.7 Å². The summed E-state index contributed by atoms with van der Waals surface area (Å²) in [6.45, 7) is 11.0. The van der Waals surface area contributed by atoms with Gasteiger partial charge in [0, 0.05) is 17.5 Å². The fourth-order valence-corrected chi connectivity index (χ4v) is 4.94. The highest BCUT2D eigenvalue weighted by Gasteiger charge is 2.17. The Hall–Kier alpha value is -2.97. The van der Waals surface area contributed by atoms with E-state index in [1.807, 2.05) is 43.3 Å². The van der Waals surface area contributed by atoms with Crippen LogP contribution in [0, 0.1) is 0 Å². The smallest absolute Gasteiger partial charge is 0.203 e. The van der Waals surface area contributed by atoms with Gasteiger partial charge in [-0.1, -0.05) is 13.8 Å². The van der Waals surface area contributed by atoms with Gasteiger partial charge < -0.3 is 28.4 Å². The zero-order valence-electron chi connectivity index (χ0n) is 21.7. The Bertz CT molecular complexity index is 1110. The van der Waals surface area contributed by atoms with Crippen LogP contribution in [-0.2, 0) is 6.54 Å². The van der Waals surface area contributed by atoms with Crippen LogP contribution in [0.25, 0.3) is 11.3 Å². The summed E-state index contributed by atoms with van der Waals surface area (Å²) in [6, 6.07) is 11.9. The van der Waals surface area contributed by atoms with Crippen molar-refractivity contribution in [1.82, 2.24) is 9.47 Å². The van der Waals surface area contributed by atoms with Crippen molar-refractivity contribution in [1.29, 1.82) is 0 Å². The third-order valence-corrected chi connectivity index (χ3v) is 6.74. The minimum Gasteiger partial charge on any atom is -0.494 e. The number of aromatic nitrogens is 1. The van der Waals surface area contributed by atoms with Gasteiger partial charge in [-0.3, -0.25) is 0 Å². The summed E-state index contributed by atoms with van der Waals surface area (Å²) in [5.41, 5.74) is 2.95. The molecular formula is C27H37N3O4S. The SMILES string of the molecule is CCOc1ccc(N=c2scc(-c3cc(OC)c(OC)c(OC)c3)n2CCCN(CC)CC)cc1. The molecule has 0 unspecified atom stereocenters. The maximum atomic E-state index is 5.60. The molecule has 1 aromatic heterocycles. The highest BCUT2D eigenvalue weighted by atomic mass is 32.1. The van der Waals surface area contributed by atoms with Crippen molar-refractivity contribution < 1.29 is 18.9 Å². The van der Waals surface area contributed by atoms with Crippen molar-refractivity contribution in [3.05, 3.63) is 46.6 Å². The van der Waals surface area contributed by atoms with Gasteiger partial charge in [-0.2, -0.15) is 0 Å². The average molecular weight is 500 g/mol. The molecule has 190 valence electrons. The summed E-state index contributed by atoms with van der Waals surface area (Å²) in [6.07, 6.45) is 1.02. The predicted octanol–water partition coefficient (Wildman–Crippen LogP) is 5.61. The predicted molar refractivity (Wildman–Crippen MR) is 143 cm³/mol. The van der Waals surface area contributed by atoms with Crippen molar-refractivity contribution in [2.24, 2.45) is 4.99 Å². The van der Waals surface area contributed by atoms with Gasteiger partial charge >= 0.3 is 0 Å². The van der Waals surface area contributed by atoms with Crippen LogP contribution in [-0.4, -0.2) is 57.0 Å². The average Bonchev–Trinajstić information content (AvgIpc) is 3.29. The van der Waals surface area contributed by atoms with E-state index in [4.69, 9.17) is 23.9 Å². The van der Waals surface area contributed by atoms with Gasteiger partial charge in [0.15, 0.2) is 16.3 Å². The minimum absolute atomic E-state index is 0.585. The normalized spacial score (nSPS) is 11.7. The Morgan fingerprint density at radius 2 is 1.57 bits per heavy atom. The number of nitrogens with zero attached hydrogens (tertiary/aromatic N) is 3. The van der Waals surface area contributed by atoms with Crippen LogP contribution in [0.3, 0.4) is 0 Å². The van der Waals surface area contributed by atoms with Gasteiger partial charge in [0.2, 0.25) is 5.75 Å². The lowest BCUT2D eigenvalue weighted by Crippen LogP contribution is -2.26. The quantitative estimate of drug-likeness (QED) is 0.306. The first-order valence-corrected chi connectivity index (χ1v) is 12.9. The Morgan fingerprint density at radius 3 is 2.11 bits per heavy atom. The summed E-state index contributed by atoms with van der Waals surface area (Å²) in [7, 11) is 4.89. The topological polar surface area (TPSA) is 57.5 Å². The van der Waals surface area contributed by atoms with Crippen molar-refractivity contribution in [3.63, 3.8) is 0 Å². The zero-order valence-corrected chi connectivity index (χ0v) is 22.5. The number of thiazole rings is 1. The molecule has 0 bridgehead atoms. The first-order chi connectivity index (χ1) is 17.1. The molecule has 0 spiro atoms. The molecule has 7 nitrogen and oxygen atoms in total. The molecular weight excluding hydrogens is 462 g/mol. The largest absolute Gasteiger partial charge is 0.494 e. The molecule has 1 heterocycles. The fraction of sp³-hybridized carbons (Fsp3) is 0.444. The van der Waals surface area contributed by atoms with Crippen LogP contribution in [0.2, 0.25) is 0 Å². The summed E-state index contributed by atoms with van der Waals surface area (Å²) in [4.78, 5) is 8.35. The van der Waals surface area contributed by atoms with Crippen LogP contribution in [0.5, 0.6) is 23.0 Å². The Morgan fingerprint density at radius 1 is 0.914 bits per heavy atom. The van der Waals surface area contributed by atoms with Crippen molar-refractivity contribution in [2.75, 3.05) is 47.6 Å². The van der Waals surface area contributed by atoms with Crippen LogP contribution >= 0.6 is 11.3 Å². The second-order valence-corrected chi connectivity index (χ2v) is 8.72. The number of ether oxygens (including phenoxy) is 4. The fourth-order valence-electron chi connectivity index (χ4n) is 3.98. The Labute approximate surface area is 212 Å². The van der Waals surface area contributed by atoms with Crippen LogP contribution in [0.4, 0.5) is 5.69 Å². The molecule has 0 aliphatic heterocycles. The molecule has 0 fully saturated rings. The molecule has 35 heavy (non-hydrogen) atoms. The number of hydrogen-bond acceptors (Lipinski definition) is 7.